The molecule has 1 aliphatic rings. The quantitative estimate of drug-likeness (QED) is 0.839. The summed E-state index contributed by atoms with van der Waals surface area (Å²) in [6.45, 7) is 2.76. The molecule has 0 aromatic heterocycles. The second kappa shape index (κ2) is 8.17. The van der Waals surface area contributed by atoms with E-state index in [1.54, 1.807) is 7.11 Å². The highest BCUT2D eigenvalue weighted by atomic mass is 16.5. The Morgan fingerprint density at radius 2 is 1.95 bits per heavy atom. The standard InChI is InChI=1S/C17H25NO3/c1-21-16-6-4-14(5-7-16)3-2-10-18-11-8-15(9-12-18)17(20)13-19/h2-7,15,17,19-20H,8-13H2,1H3/b3-2+. The number of rotatable bonds is 6. The van der Waals surface area contributed by atoms with E-state index in [1.807, 2.05) is 24.3 Å². The molecule has 2 N–H and O–H groups in total. The van der Waals surface area contributed by atoms with Gasteiger partial charge in [0.2, 0.25) is 0 Å². The molecule has 0 aliphatic carbocycles. The molecular weight excluding hydrogens is 266 g/mol. The maximum absolute atomic E-state index is 9.64. The van der Waals surface area contributed by atoms with Crippen LogP contribution in [0.4, 0.5) is 0 Å². The van der Waals surface area contributed by atoms with Gasteiger partial charge in [0.05, 0.1) is 19.8 Å². The first-order valence-corrected chi connectivity index (χ1v) is 7.55. The van der Waals surface area contributed by atoms with Gasteiger partial charge >= 0.3 is 0 Å². The van der Waals surface area contributed by atoms with Crippen molar-refractivity contribution in [2.45, 2.75) is 18.9 Å². The second-order valence-electron chi connectivity index (χ2n) is 5.56. The molecule has 0 saturated carbocycles. The maximum Gasteiger partial charge on any atom is 0.118 e. The topological polar surface area (TPSA) is 52.9 Å². The van der Waals surface area contributed by atoms with Crippen molar-refractivity contribution >= 4 is 6.08 Å². The van der Waals surface area contributed by atoms with E-state index in [1.165, 1.54) is 5.56 Å². The number of likely N-dealkylation sites (tertiary alicyclic amines) is 1. The van der Waals surface area contributed by atoms with Crippen LogP contribution in [-0.4, -0.2) is 54.6 Å². The maximum atomic E-state index is 9.64. The van der Waals surface area contributed by atoms with Crippen LogP contribution in [-0.2, 0) is 0 Å². The van der Waals surface area contributed by atoms with Gasteiger partial charge < -0.3 is 14.9 Å². The normalized spacial score (nSPS) is 19.0. The van der Waals surface area contributed by atoms with Crippen LogP contribution in [0.1, 0.15) is 18.4 Å². The molecular formula is C17H25NO3. The van der Waals surface area contributed by atoms with Gasteiger partial charge in [-0.15, -0.1) is 0 Å². The molecule has 4 nitrogen and oxygen atoms in total. The Labute approximate surface area is 126 Å². The van der Waals surface area contributed by atoms with Crippen LogP contribution in [0.5, 0.6) is 5.75 Å². The lowest BCUT2D eigenvalue weighted by Crippen LogP contribution is -2.38. The zero-order valence-electron chi connectivity index (χ0n) is 12.6. The van der Waals surface area contributed by atoms with Crippen molar-refractivity contribution in [1.29, 1.82) is 0 Å². The van der Waals surface area contributed by atoms with Crippen molar-refractivity contribution < 1.29 is 14.9 Å². The van der Waals surface area contributed by atoms with Gasteiger partial charge in [-0.25, -0.2) is 0 Å². The Hall–Kier alpha value is -1.36. The van der Waals surface area contributed by atoms with E-state index in [2.05, 4.69) is 17.1 Å². The summed E-state index contributed by atoms with van der Waals surface area (Å²) in [4.78, 5) is 2.38. The molecule has 1 aliphatic heterocycles. The third-order valence-electron chi connectivity index (χ3n) is 4.15. The lowest BCUT2D eigenvalue weighted by atomic mass is 9.91. The van der Waals surface area contributed by atoms with Gasteiger partial charge in [-0.2, -0.15) is 0 Å². The highest BCUT2D eigenvalue weighted by Gasteiger charge is 2.23. The van der Waals surface area contributed by atoms with E-state index in [9.17, 15) is 5.11 Å². The third-order valence-corrected chi connectivity index (χ3v) is 4.15. The first-order valence-electron chi connectivity index (χ1n) is 7.55. The smallest absolute Gasteiger partial charge is 0.118 e. The predicted octanol–water partition coefficient (Wildman–Crippen LogP) is 1.77. The molecule has 0 spiro atoms. The van der Waals surface area contributed by atoms with Crippen LogP contribution in [0, 0.1) is 5.92 Å². The van der Waals surface area contributed by atoms with Gasteiger partial charge in [-0.1, -0.05) is 24.3 Å². The van der Waals surface area contributed by atoms with Crippen LogP contribution in [0.3, 0.4) is 0 Å². The highest BCUT2D eigenvalue weighted by molar-refractivity contribution is 5.50. The summed E-state index contributed by atoms with van der Waals surface area (Å²) in [6.07, 6.45) is 5.65. The van der Waals surface area contributed by atoms with Crippen molar-refractivity contribution in [3.63, 3.8) is 0 Å². The summed E-state index contributed by atoms with van der Waals surface area (Å²) in [7, 11) is 1.67. The van der Waals surface area contributed by atoms with Crippen molar-refractivity contribution in [3.8, 4) is 5.75 Å². The molecule has 2 rings (SSSR count). The number of aliphatic hydroxyl groups is 2. The highest BCUT2D eigenvalue weighted by Crippen LogP contribution is 2.20. The van der Waals surface area contributed by atoms with Crippen LogP contribution in [0.2, 0.25) is 0 Å². The summed E-state index contributed by atoms with van der Waals surface area (Å²) in [5.74, 6) is 1.12. The predicted molar refractivity (Wildman–Crippen MR) is 84.3 cm³/mol. The molecule has 1 atom stereocenters. The average molecular weight is 291 g/mol. The molecule has 1 heterocycles. The third kappa shape index (κ3) is 4.84. The molecule has 0 bridgehead atoms. The van der Waals surface area contributed by atoms with Gasteiger partial charge in [0.15, 0.2) is 0 Å². The number of methoxy groups -OCH3 is 1. The lowest BCUT2D eigenvalue weighted by molar-refractivity contribution is 0.0201. The summed E-state index contributed by atoms with van der Waals surface area (Å²) < 4.78 is 5.14. The molecule has 0 radical (unpaired) electrons. The molecule has 1 aromatic carbocycles. The Morgan fingerprint density at radius 1 is 1.29 bits per heavy atom. The number of hydrogen-bond acceptors (Lipinski definition) is 4. The zero-order valence-corrected chi connectivity index (χ0v) is 12.6. The van der Waals surface area contributed by atoms with E-state index in [0.717, 1.165) is 38.2 Å². The molecule has 1 saturated heterocycles. The molecule has 116 valence electrons. The van der Waals surface area contributed by atoms with Crippen LogP contribution < -0.4 is 4.74 Å². The van der Waals surface area contributed by atoms with Crippen LogP contribution >= 0.6 is 0 Å². The summed E-state index contributed by atoms with van der Waals surface area (Å²) in [5, 5.41) is 18.6. The monoisotopic (exact) mass is 291 g/mol. The van der Waals surface area contributed by atoms with E-state index in [-0.39, 0.29) is 12.5 Å². The van der Waals surface area contributed by atoms with Crippen molar-refractivity contribution in [1.82, 2.24) is 4.90 Å². The van der Waals surface area contributed by atoms with Gasteiger partial charge in [0.1, 0.15) is 5.75 Å². The van der Waals surface area contributed by atoms with E-state index < -0.39 is 6.10 Å². The van der Waals surface area contributed by atoms with Gasteiger partial charge in [-0.05, 0) is 49.5 Å². The van der Waals surface area contributed by atoms with Crippen molar-refractivity contribution in [2.75, 3.05) is 33.4 Å². The molecule has 1 fully saturated rings. The fraction of sp³-hybridized carbons (Fsp3) is 0.529. The van der Waals surface area contributed by atoms with Gasteiger partial charge in [-0.3, -0.25) is 4.90 Å². The average Bonchev–Trinajstić information content (AvgIpc) is 2.55. The number of nitrogens with zero attached hydrogens (tertiary/aromatic N) is 1. The van der Waals surface area contributed by atoms with Crippen LogP contribution in [0.25, 0.3) is 6.08 Å². The molecule has 4 heteroatoms. The number of hydrogen-bond donors (Lipinski definition) is 2. The fourth-order valence-electron chi connectivity index (χ4n) is 2.72. The van der Waals surface area contributed by atoms with E-state index in [4.69, 9.17) is 9.84 Å². The Bertz CT molecular complexity index is 436. The minimum absolute atomic E-state index is 0.123. The minimum Gasteiger partial charge on any atom is -0.497 e. The summed E-state index contributed by atoms with van der Waals surface area (Å²) in [5.41, 5.74) is 1.17. The number of piperidine rings is 1. The minimum atomic E-state index is -0.554. The Morgan fingerprint density at radius 3 is 2.52 bits per heavy atom. The summed E-state index contributed by atoms with van der Waals surface area (Å²) >= 11 is 0. The fourth-order valence-corrected chi connectivity index (χ4v) is 2.72. The first kappa shape index (κ1) is 16.0. The molecule has 0 amide bonds. The number of benzene rings is 1. The van der Waals surface area contributed by atoms with Crippen LogP contribution in [0.15, 0.2) is 30.3 Å². The van der Waals surface area contributed by atoms with E-state index in [0.29, 0.717) is 0 Å². The first-order chi connectivity index (χ1) is 10.2. The number of aliphatic hydroxyl groups excluding tert-OH is 2. The zero-order chi connectivity index (χ0) is 15.1. The Balaban J connectivity index is 1.75. The van der Waals surface area contributed by atoms with Crippen molar-refractivity contribution in [2.24, 2.45) is 5.92 Å². The lowest BCUT2D eigenvalue weighted by Gasteiger charge is -2.33. The molecule has 1 unspecified atom stereocenters. The SMILES string of the molecule is COc1ccc(/C=C/CN2CCC(C(O)CO)CC2)cc1. The second-order valence-corrected chi connectivity index (χ2v) is 5.56. The van der Waals surface area contributed by atoms with Crippen molar-refractivity contribution in [3.05, 3.63) is 35.9 Å². The number of ether oxygens (including phenoxy) is 1. The van der Waals surface area contributed by atoms with Gasteiger partial charge in [0, 0.05) is 6.54 Å². The largest absolute Gasteiger partial charge is 0.497 e. The molecule has 1 aromatic rings. The Kier molecular flexibility index (Phi) is 6.23. The summed E-state index contributed by atoms with van der Waals surface area (Å²) in [6, 6.07) is 8.00. The molecule has 21 heavy (non-hydrogen) atoms. The van der Waals surface area contributed by atoms with E-state index >= 15 is 0 Å². The van der Waals surface area contributed by atoms with Gasteiger partial charge in [0.25, 0.3) is 0 Å².